The van der Waals surface area contributed by atoms with Crippen molar-refractivity contribution in [3.8, 4) is 0 Å². The first kappa shape index (κ1) is 30.1. The van der Waals surface area contributed by atoms with E-state index in [0.29, 0.717) is 31.5 Å². The number of fused-ring (bicyclic) bond motifs is 2. The summed E-state index contributed by atoms with van der Waals surface area (Å²) >= 11 is 6.25. The van der Waals surface area contributed by atoms with Gasteiger partial charge in [-0.3, -0.25) is 9.59 Å². The average Bonchev–Trinajstić information content (AvgIpc) is 3.03. The molecule has 2 bridgehead atoms. The van der Waals surface area contributed by atoms with Gasteiger partial charge in [-0.25, -0.2) is 21.6 Å². The molecule has 1 unspecified atom stereocenters. The highest BCUT2D eigenvalue weighted by Crippen LogP contribution is 2.53. The number of anilines is 1. The lowest BCUT2D eigenvalue weighted by molar-refractivity contribution is -0.132. The Morgan fingerprint density at radius 1 is 1.07 bits per heavy atom. The zero-order valence-electron chi connectivity index (χ0n) is 21.9. The van der Waals surface area contributed by atoms with Crippen LogP contribution >= 0.6 is 11.6 Å². The number of hydrogen-bond acceptors (Lipinski definition) is 5. The van der Waals surface area contributed by atoms with Gasteiger partial charge in [0.2, 0.25) is 5.91 Å². The molecule has 2 aliphatic carbocycles. The van der Waals surface area contributed by atoms with E-state index in [-0.39, 0.29) is 46.3 Å². The first-order valence-electron chi connectivity index (χ1n) is 12.8. The Morgan fingerprint density at radius 3 is 2.25 bits per heavy atom. The number of amides is 2. The van der Waals surface area contributed by atoms with E-state index < -0.39 is 55.9 Å². The fourth-order valence-electron chi connectivity index (χ4n) is 5.71. The van der Waals surface area contributed by atoms with Gasteiger partial charge in [-0.05, 0) is 69.6 Å². The molecule has 0 aliphatic heterocycles. The van der Waals surface area contributed by atoms with Crippen molar-refractivity contribution in [2.75, 3.05) is 11.9 Å². The van der Waals surface area contributed by atoms with Gasteiger partial charge in [-0.2, -0.15) is 0 Å². The van der Waals surface area contributed by atoms with Crippen molar-refractivity contribution in [2.24, 2.45) is 11.8 Å². The fourth-order valence-corrected chi connectivity index (χ4v) is 8.12. The zero-order valence-corrected chi connectivity index (χ0v) is 23.5. The zero-order chi connectivity index (χ0) is 29.4. The molecule has 3 N–H and O–H groups in total. The quantitative estimate of drug-likeness (QED) is 0.286. The second-order valence-corrected chi connectivity index (χ2v) is 13.3. The molecule has 2 amide bonds. The van der Waals surface area contributed by atoms with Crippen LogP contribution in [0.15, 0.2) is 46.9 Å². The molecule has 2 saturated carbocycles. The van der Waals surface area contributed by atoms with Crippen LogP contribution in [-0.2, 0) is 14.6 Å². The molecule has 0 heterocycles. The maximum atomic E-state index is 13.7. The van der Waals surface area contributed by atoms with Crippen LogP contribution in [0.2, 0.25) is 5.02 Å². The van der Waals surface area contributed by atoms with E-state index in [1.54, 1.807) is 0 Å². The van der Waals surface area contributed by atoms with Crippen LogP contribution in [0.1, 0.15) is 56.3 Å². The summed E-state index contributed by atoms with van der Waals surface area (Å²) in [5.74, 6) is -6.67. The second-order valence-electron chi connectivity index (χ2n) is 10.7. The minimum absolute atomic E-state index is 0.109. The van der Waals surface area contributed by atoms with E-state index in [0.717, 1.165) is 11.6 Å². The molecule has 0 spiro atoms. The lowest BCUT2D eigenvalue weighted by atomic mass is 9.72. The Kier molecular flexibility index (Phi) is 8.68. The Bertz CT molecular complexity index is 1440. The van der Waals surface area contributed by atoms with Crippen LogP contribution in [0, 0.1) is 29.3 Å². The van der Waals surface area contributed by atoms with Crippen LogP contribution in [-0.4, -0.2) is 42.7 Å². The summed E-state index contributed by atoms with van der Waals surface area (Å²) in [5, 5.41) is 15.4. The molecule has 216 valence electrons. The van der Waals surface area contributed by atoms with Crippen LogP contribution in [0.5, 0.6) is 0 Å². The molecule has 2 fully saturated rings. The highest BCUT2D eigenvalue weighted by atomic mass is 35.5. The van der Waals surface area contributed by atoms with E-state index in [1.807, 2.05) is 19.9 Å². The molecular weight excluding hydrogens is 569 g/mol. The van der Waals surface area contributed by atoms with Crippen molar-refractivity contribution >= 4 is 38.9 Å². The summed E-state index contributed by atoms with van der Waals surface area (Å²) in [6.45, 7) is 4.16. The lowest BCUT2D eigenvalue weighted by Crippen LogP contribution is -2.50. The number of sulfone groups is 1. The Hall–Kier alpha value is -2.89. The third-order valence-electron chi connectivity index (χ3n) is 7.81. The third kappa shape index (κ3) is 6.06. The van der Waals surface area contributed by atoms with Crippen molar-refractivity contribution < 1.29 is 36.3 Å². The predicted molar refractivity (Wildman–Crippen MR) is 144 cm³/mol. The van der Waals surface area contributed by atoms with Gasteiger partial charge in [0.1, 0.15) is 0 Å². The lowest BCUT2D eigenvalue weighted by Gasteiger charge is -2.42. The highest BCUT2D eigenvalue weighted by molar-refractivity contribution is 7.92. The third-order valence-corrected chi connectivity index (χ3v) is 10.5. The van der Waals surface area contributed by atoms with Crippen molar-refractivity contribution in [3.05, 3.63) is 70.0 Å². The molecule has 0 saturated heterocycles. The van der Waals surface area contributed by atoms with Crippen LogP contribution in [0.4, 0.5) is 18.9 Å². The standard InChI is InChI=1S/C28H30ClF3N2O5S/c1-15(2)7-8-33-25(35)14-28(37)17-4-5-18(28)11-20(10-17)40(38,39)24-9-16(3-6-21(24)29)27(36)34-19-12-22(30)26(32)23(31)13-19/h3,6-7,9,12-13,17-18,20,37H,4-5,8,10-11,14H2,1-2H3,(H,33,35)(H,34,36)/t17-,18?,20-,28-/m0/s1. The Morgan fingerprint density at radius 2 is 1.68 bits per heavy atom. The largest absolute Gasteiger partial charge is 0.389 e. The van der Waals surface area contributed by atoms with Gasteiger partial charge in [0.05, 0.1) is 27.2 Å². The van der Waals surface area contributed by atoms with Gasteiger partial charge in [-0.15, -0.1) is 0 Å². The maximum Gasteiger partial charge on any atom is 0.255 e. The number of carbonyl (C=O) groups excluding carboxylic acids is 2. The molecule has 2 aromatic carbocycles. The maximum absolute atomic E-state index is 13.7. The average molecular weight is 599 g/mol. The summed E-state index contributed by atoms with van der Waals surface area (Å²) in [5.41, 5.74) is -0.764. The van der Waals surface area contributed by atoms with Gasteiger partial charge >= 0.3 is 0 Å². The van der Waals surface area contributed by atoms with Crippen LogP contribution in [0.25, 0.3) is 0 Å². The monoisotopic (exact) mass is 598 g/mol. The number of aliphatic hydroxyl groups is 1. The molecule has 0 radical (unpaired) electrons. The highest BCUT2D eigenvalue weighted by Gasteiger charge is 2.56. The van der Waals surface area contributed by atoms with Crippen LogP contribution < -0.4 is 10.6 Å². The smallest absolute Gasteiger partial charge is 0.255 e. The minimum atomic E-state index is -4.07. The normalized spacial score (nSPS) is 23.9. The van der Waals surface area contributed by atoms with E-state index >= 15 is 0 Å². The fraction of sp³-hybridized carbons (Fsp3) is 0.429. The van der Waals surface area contributed by atoms with Gasteiger partial charge in [0, 0.05) is 29.9 Å². The molecule has 4 rings (SSSR count). The Balaban J connectivity index is 1.51. The molecule has 0 aromatic heterocycles. The second kappa shape index (κ2) is 11.5. The summed E-state index contributed by atoms with van der Waals surface area (Å²) < 4.78 is 67.7. The number of rotatable bonds is 8. The molecular formula is C28H30ClF3N2O5S. The number of carbonyl (C=O) groups is 2. The molecule has 40 heavy (non-hydrogen) atoms. The van der Waals surface area contributed by atoms with Gasteiger partial charge in [-0.1, -0.05) is 23.3 Å². The number of hydrogen-bond donors (Lipinski definition) is 3. The van der Waals surface area contributed by atoms with Gasteiger partial charge < -0.3 is 15.7 Å². The van der Waals surface area contributed by atoms with Crippen LogP contribution in [0.3, 0.4) is 0 Å². The van der Waals surface area contributed by atoms with E-state index in [9.17, 15) is 36.3 Å². The topological polar surface area (TPSA) is 113 Å². The SMILES string of the molecule is CC(C)=CCNC(=O)C[C@@]1(O)C2CC[C@H]1C[C@H](S(=O)(=O)c1cc(C(=O)Nc3cc(F)c(F)c(F)c3)ccc1Cl)C2. The van der Waals surface area contributed by atoms with Crippen molar-refractivity contribution in [1.82, 2.24) is 5.32 Å². The number of nitrogens with one attached hydrogen (secondary N) is 2. The first-order valence-corrected chi connectivity index (χ1v) is 14.8. The molecule has 2 aromatic rings. The molecule has 7 nitrogen and oxygen atoms in total. The molecule has 2 aliphatic rings. The first-order chi connectivity index (χ1) is 18.7. The number of allylic oxidation sites excluding steroid dienone is 1. The molecule has 12 heteroatoms. The Labute approximate surface area is 235 Å². The predicted octanol–water partition coefficient (Wildman–Crippen LogP) is 5.18. The minimum Gasteiger partial charge on any atom is -0.389 e. The van der Waals surface area contributed by atoms with Crippen molar-refractivity contribution in [2.45, 2.75) is 61.7 Å². The van der Waals surface area contributed by atoms with Gasteiger partial charge in [0.15, 0.2) is 27.3 Å². The number of benzene rings is 2. The summed E-state index contributed by atoms with van der Waals surface area (Å²) in [4.78, 5) is 25.0. The summed E-state index contributed by atoms with van der Waals surface area (Å²) in [6.07, 6.45) is 3.14. The molecule has 4 atom stereocenters. The van der Waals surface area contributed by atoms with E-state index in [4.69, 9.17) is 11.6 Å². The summed E-state index contributed by atoms with van der Waals surface area (Å²) in [6, 6.07) is 4.78. The summed E-state index contributed by atoms with van der Waals surface area (Å²) in [7, 11) is -4.07. The number of halogens is 4. The van der Waals surface area contributed by atoms with Crippen molar-refractivity contribution in [3.63, 3.8) is 0 Å². The van der Waals surface area contributed by atoms with E-state index in [1.165, 1.54) is 12.1 Å². The van der Waals surface area contributed by atoms with Gasteiger partial charge in [0.25, 0.3) is 5.91 Å². The van der Waals surface area contributed by atoms with Crippen molar-refractivity contribution in [1.29, 1.82) is 0 Å². The van der Waals surface area contributed by atoms with E-state index in [2.05, 4.69) is 10.6 Å².